The SMILES string of the molecule is c1ccc(-c2cc(-c3ccc(-c4cccc(-c5cccc6c(-c7cccnc7)nc7ccccc7c56)c4)cc3)cc(-c3ccccn3)n2)nc1. The van der Waals surface area contributed by atoms with Crippen LogP contribution in [0.4, 0.5) is 0 Å². The molecule has 0 atom stereocenters. The predicted molar refractivity (Wildman–Crippen MR) is 203 cm³/mol. The lowest BCUT2D eigenvalue weighted by atomic mass is 9.91. The molecule has 0 aliphatic carbocycles. The second kappa shape index (κ2) is 12.6. The second-order valence-corrected chi connectivity index (χ2v) is 12.2. The number of hydrogen-bond acceptors (Lipinski definition) is 5. The Bertz CT molecular complexity index is 2560. The van der Waals surface area contributed by atoms with E-state index in [1.165, 1.54) is 10.9 Å². The number of aromatic nitrogens is 5. The first-order valence-corrected chi connectivity index (χ1v) is 16.6. The summed E-state index contributed by atoms with van der Waals surface area (Å²) in [6.07, 6.45) is 7.28. The fourth-order valence-corrected chi connectivity index (χ4v) is 6.68. The molecule has 0 fully saturated rings. The van der Waals surface area contributed by atoms with Gasteiger partial charge in [-0.1, -0.05) is 91.0 Å². The number of para-hydroxylation sites is 1. The predicted octanol–water partition coefficient (Wildman–Crippen LogP) is 11.0. The van der Waals surface area contributed by atoms with Crippen LogP contribution in [0.5, 0.6) is 0 Å². The van der Waals surface area contributed by atoms with Gasteiger partial charge in [-0.05, 0) is 94.0 Å². The molecule has 0 N–H and O–H groups in total. The molecule has 5 heteroatoms. The van der Waals surface area contributed by atoms with Crippen molar-refractivity contribution in [2.75, 3.05) is 0 Å². The minimum absolute atomic E-state index is 0.810. The monoisotopic (exact) mass is 639 g/mol. The molecule has 0 unspecified atom stereocenters. The normalized spacial score (nSPS) is 11.2. The lowest BCUT2D eigenvalue weighted by Gasteiger charge is -2.15. The van der Waals surface area contributed by atoms with E-state index in [2.05, 4.69) is 118 Å². The van der Waals surface area contributed by atoms with Gasteiger partial charge in [-0.15, -0.1) is 0 Å². The second-order valence-electron chi connectivity index (χ2n) is 12.2. The molecule has 0 saturated carbocycles. The van der Waals surface area contributed by atoms with E-state index in [1.807, 2.05) is 54.7 Å². The zero-order chi connectivity index (χ0) is 33.3. The highest BCUT2D eigenvalue weighted by Crippen LogP contribution is 2.39. The van der Waals surface area contributed by atoms with Gasteiger partial charge in [0.15, 0.2) is 0 Å². The zero-order valence-electron chi connectivity index (χ0n) is 27.0. The lowest BCUT2D eigenvalue weighted by Crippen LogP contribution is -1.94. The summed E-state index contributed by atoms with van der Waals surface area (Å²) in [7, 11) is 0. The molecule has 0 bridgehead atoms. The van der Waals surface area contributed by atoms with E-state index in [0.717, 1.165) is 78.1 Å². The molecule has 5 heterocycles. The van der Waals surface area contributed by atoms with Gasteiger partial charge < -0.3 is 0 Å². The minimum Gasteiger partial charge on any atom is -0.264 e. The van der Waals surface area contributed by atoms with Crippen molar-refractivity contribution in [3.8, 4) is 67.4 Å². The highest BCUT2D eigenvalue weighted by molar-refractivity contribution is 6.17. The Labute approximate surface area is 289 Å². The van der Waals surface area contributed by atoms with E-state index < -0.39 is 0 Å². The number of pyridine rings is 5. The Kier molecular flexibility index (Phi) is 7.41. The van der Waals surface area contributed by atoms with Crippen LogP contribution in [-0.2, 0) is 0 Å². The van der Waals surface area contributed by atoms with Crippen molar-refractivity contribution in [2.45, 2.75) is 0 Å². The number of hydrogen-bond donors (Lipinski definition) is 0. The van der Waals surface area contributed by atoms with Crippen molar-refractivity contribution in [1.29, 1.82) is 0 Å². The molecule has 50 heavy (non-hydrogen) atoms. The van der Waals surface area contributed by atoms with Crippen molar-refractivity contribution in [2.24, 2.45) is 0 Å². The average Bonchev–Trinajstić information content (AvgIpc) is 3.21. The van der Waals surface area contributed by atoms with Crippen LogP contribution >= 0.6 is 0 Å². The Morgan fingerprint density at radius 3 is 1.70 bits per heavy atom. The fraction of sp³-hybridized carbons (Fsp3) is 0. The van der Waals surface area contributed by atoms with Gasteiger partial charge in [0.2, 0.25) is 0 Å². The van der Waals surface area contributed by atoms with Gasteiger partial charge in [0.25, 0.3) is 0 Å². The van der Waals surface area contributed by atoms with Crippen LogP contribution in [-0.4, -0.2) is 24.9 Å². The molecule has 4 aromatic carbocycles. The maximum absolute atomic E-state index is 5.10. The van der Waals surface area contributed by atoms with Crippen LogP contribution in [0, 0.1) is 0 Å². The van der Waals surface area contributed by atoms with Gasteiger partial charge in [0.05, 0.1) is 34.0 Å². The average molecular weight is 640 g/mol. The summed E-state index contributed by atoms with van der Waals surface area (Å²) in [5, 5.41) is 3.43. The van der Waals surface area contributed by atoms with E-state index >= 15 is 0 Å². The van der Waals surface area contributed by atoms with Gasteiger partial charge in [-0.25, -0.2) is 9.97 Å². The minimum atomic E-state index is 0.810. The molecule has 0 aliphatic rings. The highest BCUT2D eigenvalue weighted by atomic mass is 14.8. The van der Waals surface area contributed by atoms with E-state index in [1.54, 1.807) is 18.6 Å². The standard InChI is InChI=1S/C45H29N5/c1-2-16-39-37(13-1)44-36(14-8-15-38(44)45(50-39)34-12-9-23-46-29-34)33-11-7-10-32(26-33)30-19-21-31(22-20-30)35-27-42(40-17-3-5-24-47-40)49-43(28-35)41-18-4-6-25-48-41/h1-29H. The first kappa shape index (κ1) is 29.3. The number of fused-ring (bicyclic) bond motifs is 3. The third-order valence-electron chi connectivity index (χ3n) is 9.07. The van der Waals surface area contributed by atoms with E-state index in [4.69, 9.17) is 9.97 Å². The first-order chi connectivity index (χ1) is 24.8. The summed E-state index contributed by atoms with van der Waals surface area (Å²) >= 11 is 0. The van der Waals surface area contributed by atoms with Crippen molar-refractivity contribution in [1.82, 2.24) is 24.9 Å². The molecular formula is C45H29N5. The molecule has 9 aromatic rings. The Hall–Kier alpha value is -6.85. The highest BCUT2D eigenvalue weighted by Gasteiger charge is 2.15. The summed E-state index contributed by atoms with van der Waals surface area (Å²) in [4.78, 5) is 23.6. The van der Waals surface area contributed by atoms with Crippen molar-refractivity contribution in [3.05, 3.63) is 176 Å². The molecule has 0 saturated heterocycles. The summed E-state index contributed by atoms with van der Waals surface area (Å²) in [6, 6.07) is 52.5. The number of benzene rings is 4. The quantitative estimate of drug-likeness (QED) is 0.169. The molecule has 234 valence electrons. The molecule has 9 rings (SSSR count). The third-order valence-corrected chi connectivity index (χ3v) is 9.07. The first-order valence-electron chi connectivity index (χ1n) is 16.6. The molecule has 0 amide bonds. The maximum atomic E-state index is 5.10. The van der Waals surface area contributed by atoms with Crippen molar-refractivity contribution < 1.29 is 0 Å². The van der Waals surface area contributed by atoms with Crippen LogP contribution in [0.15, 0.2) is 176 Å². The Morgan fingerprint density at radius 1 is 0.360 bits per heavy atom. The van der Waals surface area contributed by atoms with Crippen LogP contribution < -0.4 is 0 Å². The van der Waals surface area contributed by atoms with Gasteiger partial charge >= 0.3 is 0 Å². The van der Waals surface area contributed by atoms with Crippen molar-refractivity contribution in [3.63, 3.8) is 0 Å². The summed E-state index contributed by atoms with van der Waals surface area (Å²) in [6.45, 7) is 0. The largest absolute Gasteiger partial charge is 0.264 e. The summed E-state index contributed by atoms with van der Waals surface area (Å²) in [5.41, 5.74) is 12.9. The van der Waals surface area contributed by atoms with E-state index in [-0.39, 0.29) is 0 Å². The van der Waals surface area contributed by atoms with Crippen LogP contribution in [0.3, 0.4) is 0 Å². The summed E-state index contributed by atoms with van der Waals surface area (Å²) in [5.74, 6) is 0. The smallest absolute Gasteiger partial charge is 0.0900 e. The molecule has 5 nitrogen and oxygen atoms in total. The topological polar surface area (TPSA) is 64.5 Å². The Balaban J connectivity index is 1.12. The molecule has 0 radical (unpaired) electrons. The van der Waals surface area contributed by atoms with E-state index in [9.17, 15) is 0 Å². The third kappa shape index (κ3) is 5.47. The summed E-state index contributed by atoms with van der Waals surface area (Å²) < 4.78 is 0. The molecule has 5 aromatic heterocycles. The number of nitrogens with zero attached hydrogens (tertiary/aromatic N) is 5. The van der Waals surface area contributed by atoms with Crippen molar-refractivity contribution >= 4 is 21.7 Å². The van der Waals surface area contributed by atoms with Gasteiger partial charge in [0.1, 0.15) is 0 Å². The van der Waals surface area contributed by atoms with Crippen LogP contribution in [0.25, 0.3) is 89.1 Å². The zero-order valence-corrected chi connectivity index (χ0v) is 27.0. The van der Waals surface area contributed by atoms with Gasteiger partial charge in [-0.3, -0.25) is 15.0 Å². The fourth-order valence-electron chi connectivity index (χ4n) is 6.68. The molecular weight excluding hydrogens is 611 g/mol. The number of rotatable bonds is 6. The van der Waals surface area contributed by atoms with Gasteiger partial charge in [0, 0.05) is 46.5 Å². The molecule has 0 aliphatic heterocycles. The molecule has 0 spiro atoms. The maximum Gasteiger partial charge on any atom is 0.0900 e. The van der Waals surface area contributed by atoms with Gasteiger partial charge in [-0.2, -0.15) is 0 Å². The van der Waals surface area contributed by atoms with Crippen LogP contribution in [0.1, 0.15) is 0 Å². The Morgan fingerprint density at radius 2 is 1.00 bits per heavy atom. The lowest BCUT2D eigenvalue weighted by molar-refractivity contribution is 1.22. The van der Waals surface area contributed by atoms with Crippen LogP contribution in [0.2, 0.25) is 0 Å². The van der Waals surface area contributed by atoms with E-state index in [0.29, 0.717) is 0 Å².